The minimum Gasteiger partial charge on any atom is -0.322 e. The summed E-state index contributed by atoms with van der Waals surface area (Å²) in [5.74, 6) is 5.60. The molecule has 0 unspecified atom stereocenters. The molecule has 20 heavy (non-hydrogen) atoms. The molecule has 0 bridgehead atoms. The van der Waals surface area contributed by atoms with E-state index in [1.54, 1.807) is 6.07 Å². The summed E-state index contributed by atoms with van der Waals surface area (Å²) in [5, 5.41) is 2.86. The second-order valence-electron chi connectivity index (χ2n) is 4.41. The van der Waals surface area contributed by atoms with Crippen LogP contribution in [-0.2, 0) is 0 Å². The fourth-order valence-electron chi connectivity index (χ4n) is 1.82. The Morgan fingerprint density at radius 1 is 1.20 bits per heavy atom. The van der Waals surface area contributed by atoms with Crippen molar-refractivity contribution < 1.29 is 4.79 Å². The first-order chi connectivity index (χ1) is 9.69. The molecule has 0 radical (unpaired) electrons. The normalized spacial score (nSPS) is 9.50. The number of hydrogen-bond donors (Lipinski definition) is 2. The highest BCUT2D eigenvalue weighted by atomic mass is 16.1. The van der Waals surface area contributed by atoms with Crippen LogP contribution in [0.25, 0.3) is 0 Å². The zero-order chi connectivity index (χ0) is 14.4. The molecule has 0 fully saturated rings. The van der Waals surface area contributed by atoms with Crippen LogP contribution in [0.15, 0.2) is 48.5 Å². The van der Waals surface area contributed by atoms with Gasteiger partial charge in [-0.15, -0.1) is 0 Å². The third-order valence-electron chi connectivity index (χ3n) is 2.74. The van der Waals surface area contributed by atoms with Crippen LogP contribution in [0.2, 0.25) is 0 Å². The highest BCUT2D eigenvalue weighted by molar-refractivity contribution is 6.04. The van der Waals surface area contributed by atoms with E-state index in [0.29, 0.717) is 12.1 Å². The van der Waals surface area contributed by atoms with Gasteiger partial charge >= 0.3 is 0 Å². The van der Waals surface area contributed by atoms with E-state index in [9.17, 15) is 4.79 Å². The summed E-state index contributed by atoms with van der Waals surface area (Å²) in [4.78, 5) is 12.1. The molecule has 0 spiro atoms. The van der Waals surface area contributed by atoms with E-state index in [0.717, 1.165) is 16.8 Å². The molecule has 0 heterocycles. The minimum absolute atomic E-state index is 0.127. The summed E-state index contributed by atoms with van der Waals surface area (Å²) >= 11 is 0. The van der Waals surface area contributed by atoms with Crippen molar-refractivity contribution in [3.8, 4) is 11.8 Å². The highest BCUT2D eigenvalue weighted by Gasteiger charge is 2.05. The van der Waals surface area contributed by atoms with Gasteiger partial charge in [-0.25, -0.2) is 0 Å². The van der Waals surface area contributed by atoms with Crippen LogP contribution in [0, 0.1) is 18.8 Å². The first-order valence-electron chi connectivity index (χ1n) is 6.36. The number of carbonyl (C=O) groups is 1. The Hall–Kier alpha value is -2.57. The Morgan fingerprint density at radius 3 is 2.75 bits per heavy atom. The predicted molar refractivity (Wildman–Crippen MR) is 81.5 cm³/mol. The summed E-state index contributed by atoms with van der Waals surface area (Å²) in [6, 6.07) is 14.9. The molecule has 1 amide bonds. The number of carbonyl (C=O) groups excluding carboxylic acids is 1. The number of nitrogens with one attached hydrogen (secondary N) is 1. The average molecular weight is 264 g/mol. The maximum Gasteiger partial charge on any atom is 0.255 e. The number of amides is 1. The molecule has 0 aromatic heterocycles. The van der Waals surface area contributed by atoms with Gasteiger partial charge in [0.05, 0.1) is 6.54 Å². The number of aryl methyl sites for hydroxylation is 1. The van der Waals surface area contributed by atoms with Crippen LogP contribution in [0.5, 0.6) is 0 Å². The highest BCUT2D eigenvalue weighted by Crippen LogP contribution is 2.12. The first kappa shape index (κ1) is 13.9. The Morgan fingerprint density at radius 2 is 2.00 bits per heavy atom. The van der Waals surface area contributed by atoms with E-state index in [2.05, 4.69) is 17.2 Å². The lowest BCUT2D eigenvalue weighted by Crippen LogP contribution is -2.11. The Balaban J connectivity index is 2.15. The van der Waals surface area contributed by atoms with Crippen molar-refractivity contribution in [2.45, 2.75) is 6.92 Å². The molecule has 2 aromatic rings. The summed E-state index contributed by atoms with van der Waals surface area (Å²) in [6.07, 6.45) is 0. The van der Waals surface area contributed by atoms with Crippen molar-refractivity contribution in [3.05, 3.63) is 65.2 Å². The largest absolute Gasteiger partial charge is 0.322 e. The summed E-state index contributed by atoms with van der Waals surface area (Å²) in [5.41, 5.74) is 8.59. The Kier molecular flexibility index (Phi) is 4.54. The van der Waals surface area contributed by atoms with Gasteiger partial charge in [0.1, 0.15) is 0 Å². The summed E-state index contributed by atoms with van der Waals surface area (Å²) in [7, 11) is 0. The molecule has 2 rings (SSSR count). The molecule has 2 aromatic carbocycles. The van der Waals surface area contributed by atoms with E-state index in [1.165, 1.54) is 0 Å². The van der Waals surface area contributed by atoms with Crippen LogP contribution in [-0.4, -0.2) is 12.5 Å². The van der Waals surface area contributed by atoms with Gasteiger partial charge < -0.3 is 11.1 Å². The van der Waals surface area contributed by atoms with Crippen molar-refractivity contribution in [1.82, 2.24) is 0 Å². The number of rotatable bonds is 2. The van der Waals surface area contributed by atoms with Crippen LogP contribution < -0.4 is 11.1 Å². The molecule has 0 atom stereocenters. The SMILES string of the molecule is Cc1cccc(C(=O)Nc2cccc(C#CCN)c2)c1. The van der Waals surface area contributed by atoms with E-state index in [1.807, 2.05) is 49.4 Å². The van der Waals surface area contributed by atoms with Crippen molar-refractivity contribution in [3.63, 3.8) is 0 Å². The molecule has 0 saturated carbocycles. The van der Waals surface area contributed by atoms with Gasteiger partial charge in [-0.1, -0.05) is 35.6 Å². The topological polar surface area (TPSA) is 55.1 Å². The second kappa shape index (κ2) is 6.55. The molecule has 3 N–H and O–H groups in total. The lowest BCUT2D eigenvalue weighted by atomic mass is 10.1. The lowest BCUT2D eigenvalue weighted by molar-refractivity contribution is 0.102. The van der Waals surface area contributed by atoms with Crippen LogP contribution >= 0.6 is 0 Å². The summed E-state index contributed by atoms with van der Waals surface area (Å²) in [6.45, 7) is 2.28. The van der Waals surface area contributed by atoms with E-state index in [4.69, 9.17) is 5.73 Å². The van der Waals surface area contributed by atoms with Crippen molar-refractivity contribution >= 4 is 11.6 Å². The fourth-order valence-corrected chi connectivity index (χ4v) is 1.82. The van der Waals surface area contributed by atoms with Crippen LogP contribution in [0.4, 0.5) is 5.69 Å². The van der Waals surface area contributed by atoms with Gasteiger partial charge in [0.2, 0.25) is 0 Å². The third-order valence-corrected chi connectivity index (χ3v) is 2.74. The van der Waals surface area contributed by atoms with E-state index < -0.39 is 0 Å². The molecule has 0 aliphatic rings. The van der Waals surface area contributed by atoms with Gasteiger partial charge in [0, 0.05) is 16.8 Å². The maximum atomic E-state index is 12.1. The predicted octanol–water partition coefficient (Wildman–Crippen LogP) is 2.56. The van der Waals surface area contributed by atoms with Gasteiger partial charge in [-0.2, -0.15) is 0 Å². The lowest BCUT2D eigenvalue weighted by Gasteiger charge is -2.06. The minimum atomic E-state index is -0.127. The number of benzene rings is 2. The number of anilines is 1. The second-order valence-corrected chi connectivity index (χ2v) is 4.41. The van der Waals surface area contributed by atoms with Gasteiger partial charge in [0.15, 0.2) is 0 Å². The Bertz CT molecular complexity index is 681. The monoisotopic (exact) mass is 264 g/mol. The smallest absolute Gasteiger partial charge is 0.255 e. The van der Waals surface area contributed by atoms with Crippen molar-refractivity contribution in [2.24, 2.45) is 5.73 Å². The molecule has 100 valence electrons. The Labute approximate surface area is 118 Å². The quantitative estimate of drug-likeness (QED) is 0.819. The van der Waals surface area contributed by atoms with Crippen molar-refractivity contribution in [1.29, 1.82) is 0 Å². The summed E-state index contributed by atoms with van der Waals surface area (Å²) < 4.78 is 0. The molecule has 0 aliphatic carbocycles. The average Bonchev–Trinajstić information content (AvgIpc) is 2.45. The van der Waals surface area contributed by atoms with Crippen molar-refractivity contribution in [2.75, 3.05) is 11.9 Å². The zero-order valence-corrected chi connectivity index (χ0v) is 11.3. The van der Waals surface area contributed by atoms with Gasteiger partial charge in [-0.3, -0.25) is 4.79 Å². The molecule has 0 aliphatic heterocycles. The van der Waals surface area contributed by atoms with Gasteiger partial charge in [-0.05, 0) is 37.3 Å². The fraction of sp³-hybridized carbons (Fsp3) is 0.118. The number of hydrogen-bond acceptors (Lipinski definition) is 2. The van der Waals surface area contributed by atoms with Crippen LogP contribution in [0.3, 0.4) is 0 Å². The maximum absolute atomic E-state index is 12.1. The first-order valence-corrected chi connectivity index (χ1v) is 6.36. The number of nitrogens with two attached hydrogens (primary N) is 1. The standard InChI is InChI=1S/C17H16N2O/c1-13-5-2-8-15(11-13)17(20)19-16-9-3-6-14(12-16)7-4-10-18/h2-3,5-6,8-9,11-12H,10,18H2,1H3,(H,19,20). The third kappa shape index (κ3) is 3.71. The van der Waals surface area contributed by atoms with E-state index >= 15 is 0 Å². The zero-order valence-electron chi connectivity index (χ0n) is 11.3. The molecule has 3 heteroatoms. The molecular weight excluding hydrogens is 248 g/mol. The molecule has 0 saturated heterocycles. The van der Waals surface area contributed by atoms with E-state index in [-0.39, 0.29) is 5.91 Å². The molecule has 3 nitrogen and oxygen atoms in total. The molecular formula is C17H16N2O. The van der Waals surface area contributed by atoms with Gasteiger partial charge in [0.25, 0.3) is 5.91 Å². The van der Waals surface area contributed by atoms with Crippen LogP contribution in [0.1, 0.15) is 21.5 Å².